The fourth-order valence-corrected chi connectivity index (χ4v) is 6.05. The minimum atomic E-state index is -3.18. The van der Waals surface area contributed by atoms with E-state index in [0.717, 1.165) is 53.4 Å². The molecule has 0 radical (unpaired) electrons. The number of rotatable bonds is 3. The van der Waals surface area contributed by atoms with Gasteiger partial charge in [-0.05, 0) is 50.8 Å². The Morgan fingerprint density at radius 1 is 1.19 bits per heavy atom. The van der Waals surface area contributed by atoms with Crippen LogP contribution >= 0.6 is 0 Å². The molecule has 0 bridgehead atoms. The van der Waals surface area contributed by atoms with Crippen LogP contribution in [0.4, 0.5) is 0 Å². The maximum atomic E-state index is 12.0. The highest BCUT2D eigenvalue weighted by molar-refractivity contribution is 7.88. The molecule has 2 aliphatic heterocycles. The minimum absolute atomic E-state index is 0.161. The van der Waals surface area contributed by atoms with Crippen molar-refractivity contribution in [3.8, 4) is 6.07 Å². The molecule has 2 atom stereocenters. The van der Waals surface area contributed by atoms with E-state index >= 15 is 0 Å². The lowest BCUT2D eigenvalue weighted by molar-refractivity contribution is 0.00593. The lowest BCUT2D eigenvalue weighted by atomic mass is 9.95. The van der Waals surface area contributed by atoms with Crippen LogP contribution in [0.5, 0.6) is 0 Å². The van der Waals surface area contributed by atoms with E-state index in [4.69, 9.17) is 9.72 Å². The first-order valence-electron chi connectivity index (χ1n) is 11.1. The first kappa shape index (κ1) is 21.3. The standard InChI is InChI=1S/C23H27N5O3S/c1-15-11-18(7-10-31-15)28-22-19-12-16(13-24)3-4-20(19)25-14-21(22)26-23(28)17-5-8-27(9-6-17)32(2,29)30/h3-4,12,14-15,17-18H,5-11H2,1-2H3/t15-,18-/m1/s1. The fraction of sp³-hybridized carbons (Fsp3) is 0.522. The predicted octanol–water partition coefficient (Wildman–Crippen LogP) is 3.34. The van der Waals surface area contributed by atoms with Gasteiger partial charge in [-0.25, -0.2) is 17.7 Å². The number of imidazole rings is 1. The summed E-state index contributed by atoms with van der Waals surface area (Å²) >= 11 is 0. The van der Waals surface area contributed by atoms with E-state index < -0.39 is 10.0 Å². The lowest BCUT2D eigenvalue weighted by Gasteiger charge is -2.34. The normalized spacial score (nSPS) is 23.5. The molecule has 0 spiro atoms. The summed E-state index contributed by atoms with van der Waals surface area (Å²) in [5, 5.41) is 10.4. The summed E-state index contributed by atoms with van der Waals surface area (Å²) in [6.45, 7) is 3.82. The third-order valence-electron chi connectivity index (χ3n) is 6.78. The molecule has 0 amide bonds. The molecule has 2 aliphatic rings. The molecule has 32 heavy (non-hydrogen) atoms. The molecule has 1 aromatic carbocycles. The van der Waals surface area contributed by atoms with Crippen LogP contribution in [0.3, 0.4) is 0 Å². The van der Waals surface area contributed by atoms with Gasteiger partial charge in [0, 0.05) is 37.0 Å². The molecule has 0 saturated carbocycles. The molecule has 3 aromatic rings. The summed E-state index contributed by atoms with van der Waals surface area (Å²) in [7, 11) is -3.18. The Kier molecular flexibility index (Phi) is 5.40. The van der Waals surface area contributed by atoms with Crippen molar-refractivity contribution in [1.29, 1.82) is 5.26 Å². The molecular weight excluding hydrogens is 426 g/mol. The Morgan fingerprint density at radius 2 is 1.97 bits per heavy atom. The second-order valence-corrected chi connectivity index (χ2v) is 11.0. The Morgan fingerprint density at radius 3 is 2.66 bits per heavy atom. The van der Waals surface area contributed by atoms with Crippen molar-refractivity contribution < 1.29 is 13.2 Å². The molecular formula is C23H27N5O3S. The van der Waals surface area contributed by atoms with Crippen LogP contribution in [0.1, 0.15) is 56.0 Å². The summed E-state index contributed by atoms with van der Waals surface area (Å²) in [5.41, 5.74) is 3.29. The summed E-state index contributed by atoms with van der Waals surface area (Å²) in [6.07, 6.45) is 6.52. The number of sulfonamides is 1. The number of hydrogen-bond donors (Lipinski definition) is 0. The molecule has 0 aliphatic carbocycles. The highest BCUT2D eigenvalue weighted by Crippen LogP contribution is 2.38. The number of fused-ring (bicyclic) bond motifs is 3. The lowest BCUT2D eigenvalue weighted by Crippen LogP contribution is -2.38. The SMILES string of the molecule is C[C@@H]1C[C@H](n2c(C3CCN(S(C)(=O)=O)CC3)nc3cnc4ccc(C#N)cc4c32)CCO1. The average Bonchev–Trinajstić information content (AvgIpc) is 3.18. The van der Waals surface area contributed by atoms with Crippen molar-refractivity contribution in [2.45, 2.75) is 50.7 Å². The molecule has 4 heterocycles. The third kappa shape index (κ3) is 3.76. The number of ether oxygens (including phenoxy) is 1. The highest BCUT2D eigenvalue weighted by Gasteiger charge is 2.32. The van der Waals surface area contributed by atoms with E-state index in [1.165, 1.54) is 6.26 Å². The van der Waals surface area contributed by atoms with Gasteiger partial charge in [0.05, 0.1) is 41.2 Å². The predicted molar refractivity (Wildman–Crippen MR) is 122 cm³/mol. The van der Waals surface area contributed by atoms with E-state index in [0.29, 0.717) is 25.3 Å². The van der Waals surface area contributed by atoms with Crippen molar-refractivity contribution in [2.75, 3.05) is 26.0 Å². The van der Waals surface area contributed by atoms with Gasteiger partial charge in [-0.3, -0.25) is 4.98 Å². The molecule has 2 fully saturated rings. The zero-order valence-corrected chi connectivity index (χ0v) is 19.2. The van der Waals surface area contributed by atoms with Crippen LogP contribution in [-0.4, -0.2) is 59.3 Å². The Bertz CT molecular complexity index is 1320. The molecule has 0 unspecified atom stereocenters. The van der Waals surface area contributed by atoms with Gasteiger partial charge in [-0.15, -0.1) is 0 Å². The van der Waals surface area contributed by atoms with Crippen LogP contribution < -0.4 is 0 Å². The van der Waals surface area contributed by atoms with Crippen molar-refractivity contribution >= 4 is 32.0 Å². The number of pyridine rings is 1. The van der Waals surface area contributed by atoms with Gasteiger partial charge in [0.1, 0.15) is 11.3 Å². The van der Waals surface area contributed by atoms with Crippen LogP contribution in [0.15, 0.2) is 24.4 Å². The summed E-state index contributed by atoms with van der Waals surface area (Å²) in [5.74, 6) is 1.18. The molecule has 0 N–H and O–H groups in total. The second-order valence-electron chi connectivity index (χ2n) is 8.97. The summed E-state index contributed by atoms with van der Waals surface area (Å²) in [4.78, 5) is 9.63. The Balaban J connectivity index is 1.66. The quantitative estimate of drug-likeness (QED) is 0.603. The first-order chi connectivity index (χ1) is 15.3. The van der Waals surface area contributed by atoms with E-state index in [-0.39, 0.29) is 18.1 Å². The zero-order chi connectivity index (χ0) is 22.5. The number of hydrogen-bond acceptors (Lipinski definition) is 6. The van der Waals surface area contributed by atoms with Crippen LogP contribution in [0.2, 0.25) is 0 Å². The number of aromatic nitrogens is 3. The van der Waals surface area contributed by atoms with Gasteiger partial charge >= 0.3 is 0 Å². The zero-order valence-electron chi connectivity index (χ0n) is 18.4. The first-order valence-corrected chi connectivity index (χ1v) is 13.0. The topological polar surface area (TPSA) is 101 Å². The minimum Gasteiger partial charge on any atom is -0.378 e. The van der Waals surface area contributed by atoms with Gasteiger partial charge in [0.25, 0.3) is 0 Å². The van der Waals surface area contributed by atoms with E-state index in [1.54, 1.807) is 10.4 Å². The van der Waals surface area contributed by atoms with Crippen LogP contribution in [-0.2, 0) is 14.8 Å². The van der Waals surface area contributed by atoms with Crippen molar-refractivity contribution in [2.24, 2.45) is 0 Å². The molecule has 9 heteroatoms. The van der Waals surface area contributed by atoms with Crippen molar-refractivity contribution in [3.05, 3.63) is 35.8 Å². The molecule has 2 saturated heterocycles. The summed E-state index contributed by atoms with van der Waals surface area (Å²) < 4.78 is 33.7. The van der Waals surface area contributed by atoms with Gasteiger partial charge in [-0.1, -0.05) is 0 Å². The monoisotopic (exact) mass is 453 g/mol. The fourth-order valence-electron chi connectivity index (χ4n) is 5.18. The van der Waals surface area contributed by atoms with E-state index in [1.807, 2.05) is 18.3 Å². The van der Waals surface area contributed by atoms with E-state index in [2.05, 4.69) is 22.5 Å². The molecule has 168 valence electrons. The van der Waals surface area contributed by atoms with Crippen LogP contribution in [0, 0.1) is 11.3 Å². The van der Waals surface area contributed by atoms with E-state index in [9.17, 15) is 13.7 Å². The Labute approximate surface area is 187 Å². The maximum Gasteiger partial charge on any atom is 0.211 e. The number of piperidine rings is 1. The second kappa shape index (κ2) is 8.10. The van der Waals surface area contributed by atoms with Gasteiger partial charge in [-0.2, -0.15) is 5.26 Å². The van der Waals surface area contributed by atoms with Crippen molar-refractivity contribution in [1.82, 2.24) is 18.8 Å². The third-order valence-corrected chi connectivity index (χ3v) is 8.09. The highest BCUT2D eigenvalue weighted by atomic mass is 32.2. The van der Waals surface area contributed by atoms with Crippen molar-refractivity contribution in [3.63, 3.8) is 0 Å². The number of benzene rings is 1. The molecule has 2 aromatic heterocycles. The smallest absolute Gasteiger partial charge is 0.211 e. The number of nitriles is 1. The largest absolute Gasteiger partial charge is 0.378 e. The Hall–Kier alpha value is -2.54. The van der Waals surface area contributed by atoms with Gasteiger partial charge < -0.3 is 9.30 Å². The maximum absolute atomic E-state index is 12.0. The van der Waals surface area contributed by atoms with Crippen LogP contribution in [0.25, 0.3) is 21.9 Å². The summed E-state index contributed by atoms with van der Waals surface area (Å²) in [6, 6.07) is 8.06. The average molecular weight is 454 g/mol. The van der Waals surface area contributed by atoms with Gasteiger partial charge in [0.15, 0.2) is 0 Å². The molecule has 8 nitrogen and oxygen atoms in total. The van der Waals surface area contributed by atoms with Gasteiger partial charge in [0.2, 0.25) is 10.0 Å². The molecule has 5 rings (SSSR count). The number of nitrogens with zero attached hydrogens (tertiary/aromatic N) is 5.